The molecule has 1 aromatic heterocycles. The molecular formula is C21H21Cl2N3O3. The van der Waals surface area contributed by atoms with Gasteiger partial charge in [-0.25, -0.2) is 4.98 Å². The number of ether oxygens (including phenoxy) is 2. The lowest BCUT2D eigenvalue weighted by Crippen LogP contribution is -2.39. The summed E-state index contributed by atoms with van der Waals surface area (Å²) in [6, 6.07) is 11.8. The average Bonchev–Trinajstić information content (AvgIpc) is 3.13. The first-order valence-electron chi connectivity index (χ1n) is 8.92. The molecule has 1 heterocycles. The fourth-order valence-electron chi connectivity index (χ4n) is 2.82. The maximum atomic E-state index is 12.9. The van der Waals surface area contributed by atoms with Crippen molar-refractivity contribution in [2.45, 2.75) is 19.1 Å². The van der Waals surface area contributed by atoms with Gasteiger partial charge < -0.3 is 19.4 Å². The third-order valence-electron chi connectivity index (χ3n) is 4.42. The number of nitrogens with zero attached hydrogens (tertiary/aromatic N) is 2. The van der Waals surface area contributed by atoms with Crippen molar-refractivity contribution in [2.24, 2.45) is 7.05 Å². The molecule has 0 saturated heterocycles. The number of methoxy groups -OCH3 is 1. The van der Waals surface area contributed by atoms with Crippen molar-refractivity contribution in [1.29, 1.82) is 0 Å². The lowest BCUT2D eigenvalue weighted by molar-refractivity contribution is -0.127. The Balaban J connectivity index is 1.81. The smallest absolute Gasteiger partial charge is 0.261 e. The predicted octanol–water partition coefficient (Wildman–Crippen LogP) is 4.41. The Morgan fingerprint density at radius 1 is 1.17 bits per heavy atom. The monoisotopic (exact) mass is 433 g/mol. The zero-order valence-electron chi connectivity index (χ0n) is 16.2. The van der Waals surface area contributed by atoms with E-state index in [0.717, 1.165) is 11.3 Å². The van der Waals surface area contributed by atoms with Crippen LogP contribution in [-0.2, 0) is 11.8 Å². The molecule has 0 unspecified atom stereocenters. The lowest BCUT2D eigenvalue weighted by Gasteiger charge is -2.22. The zero-order valence-corrected chi connectivity index (χ0v) is 17.7. The molecule has 0 bridgehead atoms. The molecule has 0 spiro atoms. The first-order chi connectivity index (χ1) is 13.9. The van der Waals surface area contributed by atoms with Crippen molar-refractivity contribution in [3.05, 3.63) is 76.3 Å². The third-order valence-corrected chi connectivity index (χ3v) is 4.95. The summed E-state index contributed by atoms with van der Waals surface area (Å²) in [4.78, 5) is 17.3. The number of halogens is 2. The summed E-state index contributed by atoms with van der Waals surface area (Å²) in [6.45, 7) is 1.66. The Hall–Kier alpha value is -2.70. The van der Waals surface area contributed by atoms with Gasteiger partial charge in [-0.1, -0.05) is 35.3 Å². The predicted molar refractivity (Wildman–Crippen MR) is 113 cm³/mol. The molecule has 0 aliphatic carbocycles. The number of carbonyl (C=O) groups is 1. The number of rotatable bonds is 7. The van der Waals surface area contributed by atoms with Crippen LogP contribution < -0.4 is 14.8 Å². The molecule has 0 aliphatic heterocycles. The Morgan fingerprint density at radius 3 is 2.48 bits per heavy atom. The Labute approximate surface area is 179 Å². The molecule has 1 N–H and O–H groups in total. The van der Waals surface area contributed by atoms with Crippen LogP contribution in [0.3, 0.4) is 0 Å². The summed E-state index contributed by atoms with van der Waals surface area (Å²) < 4.78 is 12.8. The molecule has 2 aromatic carbocycles. The number of amides is 1. The molecule has 0 fully saturated rings. The molecule has 1 amide bonds. The van der Waals surface area contributed by atoms with Gasteiger partial charge in [-0.15, -0.1) is 0 Å². The van der Waals surface area contributed by atoms with Gasteiger partial charge in [0.2, 0.25) is 0 Å². The highest BCUT2D eigenvalue weighted by molar-refractivity contribution is 6.35. The van der Waals surface area contributed by atoms with Crippen LogP contribution in [0.5, 0.6) is 11.5 Å². The van der Waals surface area contributed by atoms with E-state index in [0.29, 0.717) is 21.6 Å². The summed E-state index contributed by atoms with van der Waals surface area (Å²) in [5.41, 5.74) is 0.866. The van der Waals surface area contributed by atoms with Crippen LogP contribution >= 0.6 is 23.2 Å². The number of nitrogens with one attached hydrogen (secondary N) is 1. The third kappa shape index (κ3) is 5.02. The summed E-state index contributed by atoms with van der Waals surface area (Å²) in [6.07, 6.45) is 2.73. The lowest BCUT2D eigenvalue weighted by atomic mass is 10.1. The van der Waals surface area contributed by atoms with Crippen molar-refractivity contribution < 1.29 is 14.3 Å². The highest BCUT2D eigenvalue weighted by Crippen LogP contribution is 2.29. The van der Waals surface area contributed by atoms with Crippen molar-refractivity contribution in [2.75, 3.05) is 7.11 Å². The molecule has 3 aromatic rings. The van der Waals surface area contributed by atoms with Gasteiger partial charge in [0, 0.05) is 24.5 Å². The van der Waals surface area contributed by atoms with Crippen molar-refractivity contribution in [3.8, 4) is 11.5 Å². The molecular weight excluding hydrogens is 413 g/mol. The standard InChI is InChI=1S/C21H21Cl2N3O3/c1-13(29-18-9-6-15(22)12-17(18)23)21(27)25-19(20-24-10-11-26(20)2)14-4-7-16(28-3)8-5-14/h4-13,19H,1-3H3,(H,25,27)/t13-,19-/m0/s1. The number of aromatic nitrogens is 2. The second-order valence-corrected chi connectivity index (χ2v) is 7.29. The van der Waals surface area contributed by atoms with Gasteiger partial charge in [-0.2, -0.15) is 0 Å². The van der Waals surface area contributed by atoms with E-state index in [1.807, 2.05) is 42.1 Å². The molecule has 6 nitrogen and oxygen atoms in total. The van der Waals surface area contributed by atoms with Crippen LogP contribution in [0.15, 0.2) is 54.9 Å². The minimum Gasteiger partial charge on any atom is -0.497 e. The molecule has 0 saturated carbocycles. The zero-order chi connectivity index (χ0) is 21.0. The molecule has 0 aliphatic rings. The quantitative estimate of drug-likeness (QED) is 0.599. The first kappa shape index (κ1) is 21.0. The van der Waals surface area contributed by atoms with Crippen LogP contribution in [0.1, 0.15) is 24.4 Å². The Bertz CT molecular complexity index is 989. The topological polar surface area (TPSA) is 65.4 Å². The molecule has 29 heavy (non-hydrogen) atoms. The fraction of sp³-hybridized carbons (Fsp3) is 0.238. The largest absolute Gasteiger partial charge is 0.497 e. The van der Waals surface area contributed by atoms with E-state index in [2.05, 4.69) is 10.3 Å². The molecule has 3 rings (SSSR count). The molecule has 152 valence electrons. The summed E-state index contributed by atoms with van der Waals surface area (Å²) in [5.74, 6) is 1.50. The van der Waals surface area contributed by atoms with E-state index >= 15 is 0 Å². The van der Waals surface area contributed by atoms with Crippen molar-refractivity contribution >= 4 is 29.1 Å². The fourth-order valence-corrected chi connectivity index (χ4v) is 3.28. The number of hydrogen-bond acceptors (Lipinski definition) is 4. The summed E-state index contributed by atoms with van der Waals surface area (Å²) in [7, 11) is 3.48. The number of hydrogen-bond donors (Lipinski definition) is 1. The minimum absolute atomic E-state index is 0.306. The molecule has 0 radical (unpaired) electrons. The second kappa shape index (κ2) is 9.20. The van der Waals surface area contributed by atoms with E-state index in [9.17, 15) is 4.79 Å². The maximum Gasteiger partial charge on any atom is 0.261 e. The van der Waals surface area contributed by atoms with Crippen LogP contribution in [0.25, 0.3) is 0 Å². The number of carbonyl (C=O) groups excluding carboxylic acids is 1. The van der Waals surface area contributed by atoms with Gasteiger partial charge in [0.1, 0.15) is 23.4 Å². The SMILES string of the molecule is COc1ccc([C@H](NC(=O)[C@H](C)Oc2ccc(Cl)cc2Cl)c2nccn2C)cc1. The van der Waals surface area contributed by atoms with Crippen LogP contribution in [0.2, 0.25) is 10.0 Å². The van der Waals surface area contributed by atoms with E-state index in [1.54, 1.807) is 38.4 Å². The van der Waals surface area contributed by atoms with Gasteiger partial charge in [0.15, 0.2) is 6.10 Å². The highest BCUT2D eigenvalue weighted by Gasteiger charge is 2.25. The first-order valence-corrected chi connectivity index (χ1v) is 9.68. The van der Waals surface area contributed by atoms with Crippen LogP contribution in [0, 0.1) is 0 Å². The number of imidazole rings is 1. The average molecular weight is 434 g/mol. The second-order valence-electron chi connectivity index (χ2n) is 6.45. The van der Waals surface area contributed by atoms with Gasteiger partial charge >= 0.3 is 0 Å². The van der Waals surface area contributed by atoms with Crippen LogP contribution in [-0.4, -0.2) is 28.7 Å². The van der Waals surface area contributed by atoms with Gasteiger partial charge in [-0.05, 0) is 42.8 Å². The van der Waals surface area contributed by atoms with Crippen molar-refractivity contribution in [1.82, 2.24) is 14.9 Å². The van der Waals surface area contributed by atoms with Gasteiger partial charge in [0.25, 0.3) is 5.91 Å². The van der Waals surface area contributed by atoms with Crippen molar-refractivity contribution in [3.63, 3.8) is 0 Å². The Kier molecular flexibility index (Phi) is 6.67. The summed E-state index contributed by atoms with van der Waals surface area (Å²) >= 11 is 12.1. The molecule has 2 atom stereocenters. The van der Waals surface area contributed by atoms with E-state index in [4.69, 9.17) is 32.7 Å². The van der Waals surface area contributed by atoms with Crippen LogP contribution in [0.4, 0.5) is 0 Å². The molecule has 8 heteroatoms. The van der Waals surface area contributed by atoms with E-state index < -0.39 is 12.1 Å². The number of aryl methyl sites for hydroxylation is 1. The maximum absolute atomic E-state index is 12.9. The summed E-state index contributed by atoms with van der Waals surface area (Å²) in [5, 5.41) is 3.84. The minimum atomic E-state index is -0.783. The van der Waals surface area contributed by atoms with E-state index in [-0.39, 0.29) is 5.91 Å². The highest BCUT2D eigenvalue weighted by atomic mass is 35.5. The van der Waals surface area contributed by atoms with Gasteiger partial charge in [-0.3, -0.25) is 4.79 Å². The normalized spacial score (nSPS) is 12.9. The Morgan fingerprint density at radius 2 is 1.90 bits per heavy atom. The number of benzene rings is 2. The van der Waals surface area contributed by atoms with E-state index in [1.165, 1.54) is 0 Å². The van der Waals surface area contributed by atoms with Gasteiger partial charge in [0.05, 0.1) is 12.1 Å².